The number of anilines is 1. The van der Waals surface area contributed by atoms with Crippen LogP contribution in [0, 0.1) is 12.8 Å². The summed E-state index contributed by atoms with van der Waals surface area (Å²) in [6, 6.07) is 5.44. The van der Waals surface area contributed by atoms with E-state index in [1.807, 2.05) is 32.9 Å². The maximum atomic E-state index is 12.0. The third-order valence-corrected chi connectivity index (χ3v) is 4.91. The Morgan fingerprint density at radius 2 is 2.00 bits per heavy atom. The number of rotatable bonds is 6. The van der Waals surface area contributed by atoms with Crippen molar-refractivity contribution in [2.75, 3.05) is 24.7 Å². The predicted molar refractivity (Wildman–Crippen MR) is 88.8 cm³/mol. The molecule has 0 aliphatic carbocycles. The molecular formula is C14H21BrN2O3S. The van der Waals surface area contributed by atoms with Crippen LogP contribution in [0.25, 0.3) is 0 Å². The molecular weight excluding hydrogens is 356 g/mol. The maximum absolute atomic E-state index is 12.0. The summed E-state index contributed by atoms with van der Waals surface area (Å²) < 4.78 is 25.5. The first-order valence-corrected chi connectivity index (χ1v) is 9.25. The zero-order chi connectivity index (χ0) is 16.2. The molecule has 0 spiro atoms. The molecule has 1 rings (SSSR count). The van der Waals surface area contributed by atoms with E-state index in [2.05, 4.69) is 21.2 Å². The lowest BCUT2D eigenvalue weighted by Gasteiger charge is -2.21. The molecule has 7 heteroatoms. The second-order valence-corrected chi connectivity index (χ2v) is 8.30. The summed E-state index contributed by atoms with van der Waals surface area (Å²) in [5.41, 5.74) is 1.65. The van der Waals surface area contributed by atoms with Crippen molar-refractivity contribution in [1.82, 2.24) is 4.31 Å². The van der Waals surface area contributed by atoms with Crippen LogP contribution in [-0.2, 0) is 14.8 Å². The van der Waals surface area contributed by atoms with Crippen LogP contribution < -0.4 is 5.32 Å². The molecule has 0 heterocycles. The minimum atomic E-state index is -3.40. The Hall–Kier alpha value is -0.920. The lowest BCUT2D eigenvalue weighted by molar-refractivity contribution is -0.116. The van der Waals surface area contributed by atoms with E-state index in [0.29, 0.717) is 12.2 Å². The number of carbonyl (C=O) groups is 1. The van der Waals surface area contributed by atoms with Crippen LogP contribution in [0.4, 0.5) is 5.69 Å². The molecule has 0 saturated heterocycles. The van der Waals surface area contributed by atoms with Gasteiger partial charge in [0.25, 0.3) is 0 Å². The number of hydrogen-bond acceptors (Lipinski definition) is 3. The molecule has 0 fully saturated rings. The van der Waals surface area contributed by atoms with E-state index in [-0.39, 0.29) is 18.4 Å². The normalized spacial score (nSPS) is 12.0. The number of halogens is 1. The van der Waals surface area contributed by atoms with Gasteiger partial charge in [0.15, 0.2) is 0 Å². The maximum Gasteiger partial charge on any atom is 0.239 e. The molecule has 0 aromatic heterocycles. The monoisotopic (exact) mass is 376 g/mol. The van der Waals surface area contributed by atoms with E-state index in [9.17, 15) is 13.2 Å². The average molecular weight is 377 g/mol. The Kier molecular flexibility index (Phi) is 6.37. The number of hydrogen-bond donors (Lipinski definition) is 1. The zero-order valence-electron chi connectivity index (χ0n) is 12.7. The summed E-state index contributed by atoms with van der Waals surface area (Å²) in [5.74, 6) is -0.190. The second-order valence-electron chi connectivity index (χ2n) is 5.46. The number of nitrogens with zero attached hydrogens (tertiary/aromatic N) is 1. The minimum Gasteiger partial charge on any atom is -0.325 e. The van der Waals surface area contributed by atoms with Crippen molar-refractivity contribution in [3.63, 3.8) is 0 Å². The third kappa shape index (κ3) is 6.15. The molecule has 118 valence electrons. The fraction of sp³-hybridized carbons (Fsp3) is 0.500. The molecule has 0 bridgehead atoms. The van der Waals surface area contributed by atoms with Crippen molar-refractivity contribution in [3.8, 4) is 0 Å². The Bertz CT molecular complexity index is 615. The summed E-state index contributed by atoms with van der Waals surface area (Å²) in [6.07, 6.45) is 1.12. The van der Waals surface area contributed by atoms with Gasteiger partial charge in [0.05, 0.1) is 12.8 Å². The van der Waals surface area contributed by atoms with Gasteiger partial charge in [-0.15, -0.1) is 0 Å². The Balaban J connectivity index is 2.76. The summed E-state index contributed by atoms with van der Waals surface area (Å²) in [6.45, 7) is 5.89. The third-order valence-electron chi connectivity index (χ3n) is 2.80. The van der Waals surface area contributed by atoms with Gasteiger partial charge in [-0.1, -0.05) is 29.8 Å². The van der Waals surface area contributed by atoms with Gasteiger partial charge in [0.2, 0.25) is 15.9 Å². The molecule has 1 amide bonds. The Labute approximate surface area is 134 Å². The number of aryl methyl sites for hydroxylation is 1. The van der Waals surface area contributed by atoms with Crippen molar-refractivity contribution in [3.05, 3.63) is 28.2 Å². The number of carbonyl (C=O) groups excluding carboxylic acids is 1. The summed E-state index contributed by atoms with van der Waals surface area (Å²) >= 11 is 3.39. The van der Waals surface area contributed by atoms with E-state index < -0.39 is 10.0 Å². The van der Waals surface area contributed by atoms with E-state index in [4.69, 9.17) is 0 Å². The first-order valence-electron chi connectivity index (χ1n) is 6.60. The molecule has 0 radical (unpaired) electrons. The largest absolute Gasteiger partial charge is 0.325 e. The number of benzene rings is 1. The highest BCUT2D eigenvalue weighted by molar-refractivity contribution is 9.10. The molecule has 0 aliphatic heterocycles. The smallest absolute Gasteiger partial charge is 0.239 e. The SMILES string of the molecule is Cc1cc(NC(=O)CN(CC(C)C)S(C)(=O)=O)ccc1Br. The van der Waals surface area contributed by atoms with Gasteiger partial charge in [0.1, 0.15) is 0 Å². The molecule has 21 heavy (non-hydrogen) atoms. The highest BCUT2D eigenvalue weighted by Gasteiger charge is 2.21. The molecule has 5 nitrogen and oxygen atoms in total. The fourth-order valence-electron chi connectivity index (χ4n) is 1.81. The molecule has 0 saturated carbocycles. The van der Waals surface area contributed by atoms with E-state index in [0.717, 1.165) is 16.3 Å². The van der Waals surface area contributed by atoms with Gasteiger partial charge in [0, 0.05) is 16.7 Å². The highest BCUT2D eigenvalue weighted by Crippen LogP contribution is 2.20. The lowest BCUT2D eigenvalue weighted by atomic mass is 10.2. The van der Waals surface area contributed by atoms with E-state index in [1.165, 1.54) is 4.31 Å². The quantitative estimate of drug-likeness (QED) is 0.829. The molecule has 0 atom stereocenters. The number of amides is 1. The summed E-state index contributed by atoms with van der Waals surface area (Å²) in [4.78, 5) is 12.0. The predicted octanol–water partition coefficient (Wildman–Crippen LogP) is 2.61. The Morgan fingerprint density at radius 1 is 1.38 bits per heavy atom. The van der Waals surface area contributed by atoms with Gasteiger partial charge >= 0.3 is 0 Å². The molecule has 0 unspecified atom stereocenters. The van der Waals surface area contributed by atoms with Crippen molar-refractivity contribution in [2.45, 2.75) is 20.8 Å². The first kappa shape index (κ1) is 18.1. The first-order chi connectivity index (χ1) is 9.59. The van der Waals surface area contributed by atoms with Crippen LogP contribution in [0.3, 0.4) is 0 Å². The van der Waals surface area contributed by atoms with Crippen LogP contribution in [0.5, 0.6) is 0 Å². The van der Waals surface area contributed by atoms with Crippen LogP contribution in [0.2, 0.25) is 0 Å². The second kappa shape index (κ2) is 7.38. The molecule has 0 aliphatic rings. The molecule has 1 aromatic carbocycles. The lowest BCUT2D eigenvalue weighted by Crippen LogP contribution is -2.39. The standard InChI is InChI=1S/C14H21BrN2O3S/c1-10(2)8-17(21(4,19)20)9-14(18)16-12-5-6-13(15)11(3)7-12/h5-7,10H,8-9H2,1-4H3,(H,16,18). The van der Waals surface area contributed by atoms with Gasteiger partial charge in [-0.3, -0.25) is 4.79 Å². The molecule has 1 aromatic rings. The number of sulfonamides is 1. The fourth-order valence-corrected chi connectivity index (χ4v) is 2.97. The van der Waals surface area contributed by atoms with Crippen molar-refractivity contribution in [1.29, 1.82) is 0 Å². The van der Waals surface area contributed by atoms with Crippen LogP contribution >= 0.6 is 15.9 Å². The van der Waals surface area contributed by atoms with Crippen molar-refractivity contribution in [2.24, 2.45) is 5.92 Å². The summed E-state index contributed by atoms with van der Waals surface area (Å²) in [7, 11) is -3.40. The average Bonchev–Trinajstić information content (AvgIpc) is 2.31. The van der Waals surface area contributed by atoms with Gasteiger partial charge in [-0.25, -0.2) is 8.42 Å². The van der Waals surface area contributed by atoms with Crippen molar-refractivity contribution < 1.29 is 13.2 Å². The Morgan fingerprint density at radius 3 is 2.48 bits per heavy atom. The number of nitrogens with one attached hydrogen (secondary N) is 1. The van der Waals surface area contributed by atoms with Crippen LogP contribution in [0.15, 0.2) is 22.7 Å². The molecule has 1 N–H and O–H groups in total. The van der Waals surface area contributed by atoms with Gasteiger partial charge in [-0.2, -0.15) is 4.31 Å². The van der Waals surface area contributed by atoms with E-state index >= 15 is 0 Å². The minimum absolute atomic E-state index is 0.155. The van der Waals surface area contributed by atoms with Crippen LogP contribution in [-0.4, -0.2) is 38.0 Å². The van der Waals surface area contributed by atoms with Gasteiger partial charge in [-0.05, 0) is 36.6 Å². The topological polar surface area (TPSA) is 66.5 Å². The zero-order valence-corrected chi connectivity index (χ0v) is 15.1. The van der Waals surface area contributed by atoms with Crippen molar-refractivity contribution >= 4 is 37.5 Å². The van der Waals surface area contributed by atoms with E-state index in [1.54, 1.807) is 6.07 Å². The van der Waals surface area contributed by atoms with Crippen LogP contribution in [0.1, 0.15) is 19.4 Å². The van der Waals surface area contributed by atoms with Gasteiger partial charge < -0.3 is 5.32 Å². The summed E-state index contributed by atoms with van der Waals surface area (Å²) in [5, 5.41) is 2.72. The highest BCUT2D eigenvalue weighted by atomic mass is 79.9.